The first-order valence-corrected chi connectivity index (χ1v) is 11.7. The first kappa shape index (κ1) is 23.0. The van der Waals surface area contributed by atoms with Crippen molar-refractivity contribution in [2.24, 2.45) is 0 Å². The molecule has 0 aliphatic carbocycles. The van der Waals surface area contributed by atoms with Crippen LogP contribution in [0.4, 0.5) is 5.69 Å². The number of halogens is 2. The van der Waals surface area contributed by atoms with E-state index >= 15 is 0 Å². The number of hydrogen-bond acceptors (Lipinski definition) is 4. The van der Waals surface area contributed by atoms with Crippen molar-refractivity contribution in [1.29, 1.82) is 0 Å². The molecule has 0 spiro atoms. The number of benzene rings is 2. The molecule has 162 valence electrons. The molecule has 2 aromatic rings. The number of morpholine rings is 1. The molecule has 1 aliphatic heterocycles. The highest BCUT2D eigenvalue weighted by Gasteiger charge is 2.30. The molecule has 0 bridgehead atoms. The summed E-state index contributed by atoms with van der Waals surface area (Å²) >= 11 is 12.4. The Morgan fingerprint density at radius 1 is 1.03 bits per heavy atom. The molecule has 6 nitrogen and oxygen atoms in total. The number of carbonyl (C=O) groups excluding carboxylic acids is 1. The van der Waals surface area contributed by atoms with E-state index in [2.05, 4.69) is 26.1 Å². The van der Waals surface area contributed by atoms with Gasteiger partial charge in [-0.1, -0.05) is 56.1 Å². The first-order chi connectivity index (χ1) is 14.0. The third kappa shape index (κ3) is 4.98. The molecule has 30 heavy (non-hydrogen) atoms. The summed E-state index contributed by atoms with van der Waals surface area (Å²) in [6.45, 7) is 7.37. The standard InChI is InChI=1S/C21H24Cl2N2O4S/c1-21(2,3)14-4-6-15(7-5-14)24-20(26)16-12-19(18(23)13-17(16)22)30(27,28)25-8-10-29-11-9-25/h4-7,12-13H,8-11H2,1-3H3,(H,24,26). The maximum absolute atomic E-state index is 13.0. The van der Waals surface area contributed by atoms with Crippen LogP contribution < -0.4 is 5.32 Å². The van der Waals surface area contributed by atoms with Gasteiger partial charge in [-0.2, -0.15) is 4.31 Å². The molecular formula is C21H24Cl2N2O4S. The van der Waals surface area contributed by atoms with Gasteiger partial charge in [-0.25, -0.2) is 8.42 Å². The lowest BCUT2D eigenvalue weighted by Gasteiger charge is -2.26. The van der Waals surface area contributed by atoms with Crippen LogP contribution in [0.15, 0.2) is 41.3 Å². The zero-order valence-electron chi connectivity index (χ0n) is 17.0. The van der Waals surface area contributed by atoms with Gasteiger partial charge in [0.25, 0.3) is 5.91 Å². The van der Waals surface area contributed by atoms with Gasteiger partial charge < -0.3 is 10.1 Å². The van der Waals surface area contributed by atoms with Gasteiger partial charge in [-0.15, -0.1) is 0 Å². The Hall–Kier alpha value is -1.64. The van der Waals surface area contributed by atoms with Crippen molar-refractivity contribution in [2.45, 2.75) is 31.1 Å². The first-order valence-electron chi connectivity index (χ1n) is 9.49. The molecule has 1 heterocycles. The van der Waals surface area contributed by atoms with E-state index < -0.39 is 15.9 Å². The van der Waals surface area contributed by atoms with Crippen LogP contribution in [0.25, 0.3) is 0 Å². The molecule has 0 atom stereocenters. The van der Waals surface area contributed by atoms with Gasteiger partial charge in [-0.3, -0.25) is 4.79 Å². The van der Waals surface area contributed by atoms with Crippen molar-refractivity contribution < 1.29 is 17.9 Å². The average Bonchev–Trinajstić information content (AvgIpc) is 2.68. The highest BCUT2D eigenvalue weighted by atomic mass is 35.5. The lowest BCUT2D eigenvalue weighted by molar-refractivity contribution is 0.0730. The van der Waals surface area contributed by atoms with Gasteiger partial charge in [0.15, 0.2) is 0 Å². The number of hydrogen-bond donors (Lipinski definition) is 1. The van der Waals surface area contributed by atoms with Crippen LogP contribution in [0.3, 0.4) is 0 Å². The third-order valence-corrected chi connectivity index (χ3v) is 7.54. The second kappa shape index (κ2) is 8.85. The molecule has 1 fully saturated rings. The van der Waals surface area contributed by atoms with Crippen LogP contribution in [-0.2, 0) is 20.2 Å². The topological polar surface area (TPSA) is 75.7 Å². The van der Waals surface area contributed by atoms with E-state index in [1.807, 2.05) is 12.1 Å². The molecule has 1 amide bonds. The van der Waals surface area contributed by atoms with Crippen LogP contribution in [-0.4, -0.2) is 44.9 Å². The molecule has 1 aliphatic rings. The Kier molecular flexibility index (Phi) is 6.79. The Bertz CT molecular complexity index is 1040. The Balaban J connectivity index is 1.88. The largest absolute Gasteiger partial charge is 0.379 e. The summed E-state index contributed by atoms with van der Waals surface area (Å²) in [6.07, 6.45) is 0. The summed E-state index contributed by atoms with van der Waals surface area (Å²) in [4.78, 5) is 12.7. The van der Waals surface area contributed by atoms with E-state index in [0.717, 1.165) is 5.56 Å². The molecule has 1 N–H and O–H groups in total. The molecule has 1 saturated heterocycles. The van der Waals surface area contributed by atoms with E-state index in [0.29, 0.717) is 18.9 Å². The summed E-state index contributed by atoms with van der Waals surface area (Å²) in [6, 6.07) is 9.99. The zero-order valence-corrected chi connectivity index (χ0v) is 19.4. The summed E-state index contributed by atoms with van der Waals surface area (Å²) in [7, 11) is -3.88. The van der Waals surface area contributed by atoms with Gasteiger partial charge in [0, 0.05) is 18.8 Å². The maximum atomic E-state index is 13.0. The number of sulfonamides is 1. The number of nitrogens with one attached hydrogen (secondary N) is 1. The molecular weight excluding hydrogens is 447 g/mol. The van der Waals surface area contributed by atoms with Crippen LogP contribution in [0.5, 0.6) is 0 Å². The van der Waals surface area contributed by atoms with Gasteiger partial charge in [0.2, 0.25) is 10.0 Å². The lowest BCUT2D eigenvalue weighted by Crippen LogP contribution is -2.40. The predicted molar refractivity (Wildman–Crippen MR) is 119 cm³/mol. The molecule has 0 radical (unpaired) electrons. The normalized spacial score (nSPS) is 15.8. The smallest absolute Gasteiger partial charge is 0.257 e. The number of nitrogens with zero attached hydrogens (tertiary/aromatic N) is 1. The zero-order chi connectivity index (χ0) is 22.1. The fourth-order valence-electron chi connectivity index (χ4n) is 3.08. The van der Waals surface area contributed by atoms with Crippen molar-refractivity contribution >= 4 is 44.8 Å². The summed E-state index contributed by atoms with van der Waals surface area (Å²) < 4.78 is 32.5. The highest BCUT2D eigenvalue weighted by molar-refractivity contribution is 7.89. The minimum absolute atomic E-state index is 0.00915. The summed E-state index contributed by atoms with van der Waals surface area (Å²) in [5.74, 6) is -0.515. The molecule has 3 rings (SSSR count). The fraction of sp³-hybridized carbons (Fsp3) is 0.381. The van der Waals surface area contributed by atoms with Gasteiger partial charge >= 0.3 is 0 Å². The molecule has 0 unspecified atom stereocenters. The summed E-state index contributed by atoms with van der Waals surface area (Å²) in [5, 5.41) is 2.80. The van der Waals surface area contributed by atoms with E-state index in [-0.39, 0.29) is 39.0 Å². The van der Waals surface area contributed by atoms with Crippen molar-refractivity contribution in [2.75, 3.05) is 31.6 Å². The van der Waals surface area contributed by atoms with Gasteiger partial charge in [0.05, 0.1) is 28.8 Å². The number of carbonyl (C=O) groups is 1. The van der Waals surface area contributed by atoms with Crippen molar-refractivity contribution in [3.05, 3.63) is 57.6 Å². The van der Waals surface area contributed by atoms with E-state index in [9.17, 15) is 13.2 Å². The number of amides is 1. The quantitative estimate of drug-likeness (QED) is 0.709. The minimum Gasteiger partial charge on any atom is -0.379 e. The molecule has 0 aromatic heterocycles. The minimum atomic E-state index is -3.88. The Morgan fingerprint density at radius 3 is 2.20 bits per heavy atom. The number of anilines is 1. The van der Waals surface area contributed by atoms with E-state index in [1.54, 1.807) is 12.1 Å². The molecule has 0 saturated carbocycles. The van der Waals surface area contributed by atoms with Crippen LogP contribution in [0.1, 0.15) is 36.7 Å². The summed E-state index contributed by atoms with van der Waals surface area (Å²) in [5.41, 5.74) is 1.73. The van der Waals surface area contributed by atoms with E-state index in [1.165, 1.54) is 16.4 Å². The van der Waals surface area contributed by atoms with Crippen molar-refractivity contribution in [3.8, 4) is 0 Å². The van der Waals surface area contributed by atoms with Crippen molar-refractivity contribution in [1.82, 2.24) is 4.31 Å². The third-order valence-electron chi connectivity index (χ3n) is 4.86. The molecule has 9 heteroatoms. The SMILES string of the molecule is CC(C)(C)c1ccc(NC(=O)c2cc(S(=O)(=O)N3CCOCC3)c(Cl)cc2Cl)cc1. The van der Waals surface area contributed by atoms with Crippen LogP contribution >= 0.6 is 23.2 Å². The van der Waals surface area contributed by atoms with Gasteiger partial charge in [-0.05, 0) is 35.2 Å². The lowest BCUT2D eigenvalue weighted by atomic mass is 9.87. The second-order valence-corrected chi connectivity index (χ2v) is 10.8. The average molecular weight is 471 g/mol. The predicted octanol–water partition coefficient (Wildman–Crippen LogP) is 4.56. The highest BCUT2D eigenvalue weighted by Crippen LogP contribution is 2.32. The number of ether oxygens (including phenoxy) is 1. The second-order valence-electron chi connectivity index (χ2n) is 8.06. The Morgan fingerprint density at radius 2 is 1.63 bits per heavy atom. The maximum Gasteiger partial charge on any atom is 0.257 e. The van der Waals surface area contributed by atoms with Gasteiger partial charge in [0.1, 0.15) is 4.90 Å². The Labute approximate surface area is 187 Å². The molecule has 2 aromatic carbocycles. The monoisotopic (exact) mass is 470 g/mol. The number of rotatable bonds is 4. The van der Waals surface area contributed by atoms with Crippen LogP contribution in [0.2, 0.25) is 10.0 Å². The van der Waals surface area contributed by atoms with Crippen LogP contribution in [0, 0.1) is 0 Å². The fourth-order valence-corrected chi connectivity index (χ4v) is 5.32. The van der Waals surface area contributed by atoms with E-state index in [4.69, 9.17) is 27.9 Å². The van der Waals surface area contributed by atoms with Crippen molar-refractivity contribution in [3.63, 3.8) is 0 Å².